The van der Waals surface area contributed by atoms with Gasteiger partial charge in [-0.1, -0.05) is 11.3 Å². The Morgan fingerprint density at radius 1 is 1.45 bits per heavy atom. The van der Waals surface area contributed by atoms with Crippen LogP contribution < -0.4 is 5.32 Å². The Kier molecular flexibility index (Phi) is 3.83. The van der Waals surface area contributed by atoms with E-state index in [9.17, 15) is 14.7 Å². The molecule has 9 heteroatoms. The lowest BCUT2D eigenvalue weighted by atomic mass is 9.90. The van der Waals surface area contributed by atoms with Gasteiger partial charge in [-0.15, -0.1) is 10.2 Å². The second kappa shape index (κ2) is 5.65. The summed E-state index contributed by atoms with van der Waals surface area (Å²) in [6.07, 6.45) is 0.450. The number of amides is 2. The van der Waals surface area contributed by atoms with Gasteiger partial charge >= 0.3 is 12.0 Å². The number of nitrogens with one attached hydrogen (secondary N) is 1. The minimum atomic E-state index is -0.876. The number of hydrogen-bond donors (Lipinski definition) is 2. The molecule has 0 radical (unpaired) electrons. The van der Waals surface area contributed by atoms with E-state index in [1.807, 2.05) is 16.8 Å². The molecule has 2 aromatic heterocycles. The Bertz CT molecular complexity index is 700. The number of hydrogen-bond acceptors (Lipinski definition) is 6. The molecule has 1 saturated heterocycles. The van der Waals surface area contributed by atoms with E-state index in [-0.39, 0.29) is 12.6 Å². The molecule has 1 fully saturated rings. The third-order valence-corrected chi connectivity index (χ3v) is 5.25. The average molecular weight is 338 g/mol. The molecular formula is C13H14N4O3S2. The highest BCUT2D eigenvalue weighted by Crippen LogP contribution is 2.31. The van der Waals surface area contributed by atoms with Crippen molar-refractivity contribution in [2.75, 3.05) is 18.4 Å². The molecule has 2 aromatic rings. The van der Waals surface area contributed by atoms with Crippen molar-refractivity contribution in [1.29, 1.82) is 0 Å². The SMILES string of the molecule is CC1(C(=O)O)CCN(C(=O)Nc2nnc(-c3ccsc3)s2)C1. The van der Waals surface area contributed by atoms with Crippen LogP contribution in [0.15, 0.2) is 16.8 Å². The molecule has 0 aliphatic carbocycles. The van der Waals surface area contributed by atoms with Gasteiger partial charge in [0.2, 0.25) is 5.13 Å². The quantitative estimate of drug-likeness (QED) is 0.897. The summed E-state index contributed by atoms with van der Waals surface area (Å²) in [6.45, 7) is 2.28. The number of thiophene rings is 1. The number of carbonyl (C=O) groups is 2. The standard InChI is InChI=1S/C13H14N4O3S2/c1-13(10(18)19)3-4-17(7-13)12(20)14-11-16-15-9(22-11)8-2-5-21-6-8/h2,5-6H,3-4,7H2,1H3,(H,18,19)(H,14,16,20). The van der Waals surface area contributed by atoms with Gasteiger partial charge in [0.25, 0.3) is 0 Å². The van der Waals surface area contributed by atoms with Gasteiger partial charge in [-0.3, -0.25) is 10.1 Å². The van der Waals surface area contributed by atoms with E-state index in [1.165, 1.54) is 16.2 Å². The Labute approximate surface area is 134 Å². The van der Waals surface area contributed by atoms with Crippen LogP contribution in [-0.4, -0.2) is 45.3 Å². The van der Waals surface area contributed by atoms with Crippen LogP contribution >= 0.6 is 22.7 Å². The normalized spacial score (nSPS) is 21.0. The maximum absolute atomic E-state index is 12.2. The number of aliphatic carboxylic acids is 1. The molecule has 2 N–H and O–H groups in total. The molecule has 0 bridgehead atoms. The highest BCUT2D eigenvalue weighted by molar-refractivity contribution is 7.19. The lowest BCUT2D eigenvalue weighted by Crippen LogP contribution is -2.37. The van der Waals surface area contributed by atoms with Crippen LogP contribution in [0.1, 0.15) is 13.3 Å². The smallest absolute Gasteiger partial charge is 0.323 e. The van der Waals surface area contributed by atoms with Crippen molar-refractivity contribution in [2.45, 2.75) is 13.3 Å². The summed E-state index contributed by atoms with van der Waals surface area (Å²) < 4.78 is 0. The summed E-state index contributed by atoms with van der Waals surface area (Å²) in [4.78, 5) is 24.9. The third kappa shape index (κ3) is 2.81. The first-order valence-electron chi connectivity index (χ1n) is 6.63. The molecule has 116 valence electrons. The van der Waals surface area contributed by atoms with Crippen LogP contribution in [0.25, 0.3) is 10.6 Å². The molecule has 1 aliphatic rings. The first-order valence-corrected chi connectivity index (χ1v) is 8.39. The summed E-state index contributed by atoms with van der Waals surface area (Å²) in [5, 5.41) is 24.9. The van der Waals surface area contributed by atoms with Gasteiger partial charge in [-0.05, 0) is 24.8 Å². The summed E-state index contributed by atoms with van der Waals surface area (Å²) in [6, 6.07) is 1.60. The van der Waals surface area contributed by atoms with E-state index < -0.39 is 11.4 Å². The number of likely N-dealkylation sites (tertiary alicyclic amines) is 1. The highest BCUT2D eigenvalue weighted by Gasteiger charge is 2.42. The maximum atomic E-state index is 12.2. The Morgan fingerprint density at radius 2 is 2.27 bits per heavy atom. The monoisotopic (exact) mass is 338 g/mol. The molecule has 1 unspecified atom stereocenters. The zero-order valence-corrected chi connectivity index (χ0v) is 13.4. The predicted octanol–water partition coefficient (Wildman–Crippen LogP) is 2.60. The lowest BCUT2D eigenvalue weighted by Gasteiger charge is -2.19. The number of anilines is 1. The largest absolute Gasteiger partial charge is 0.481 e. The van der Waals surface area contributed by atoms with E-state index in [0.29, 0.717) is 18.1 Å². The first-order chi connectivity index (χ1) is 10.5. The van der Waals surface area contributed by atoms with Gasteiger partial charge < -0.3 is 10.0 Å². The lowest BCUT2D eigenvalue weighted by molar-refractivity contribution is -0.146. The fourth-order valence-electron chi connectivity index (χ4n) is 2.26. The van der Waals surface area contributed by atoms with Crippen molar-refractivity contribution in [3.63, 3.8) is 0 Å². The minimum absolute atomic E-state index is 0.199. The average Bonchev–Trinajstić information content (AvgIpc) is 3.17. The Morgan fingerprint density at radius 3 is 2.91 bits per heavy atom. The molecular weight excluding hydrogens is 324 g/mol. The van der Waals surface area contributed by atoms with Crippen LogP contribution in [0.4, 0.5) is 9.93 Å². The summed E-state index contributed by atoms with van der Waals surface area (Å²) >= 11 is 2.86. The van der Waals surface area contributed by atoms with Crippen LogP contribution in [0, 0.1) is 5.41 Å². The third-order valence-electron chi connectivity index (χ3n) is 3.68. The van der Waals surface area contributed by atoms with Crippen molar-refractivity contribution < 1.29 is 14.7 Å². The van der Waals surface area contributed by atoms with Crippen molar-refractivity contribution >= 4 is 39.8 Å². The van der Waals surface area contributed by atoms with Gasteiger partial charge in [0.05, 0.1) is 5.41 Å². The topological polar surface area (TPSA) is 95.4 Å². The zero-order chi connectivity index (χ0) is 15.7. The van der Waals surface area contributed by atoms with Crippen molar-refractivity contribution in [3.05, 3.63) is 16.8 Å². The number of aromatic nitrogens is 2. The molecule has 2 amide bonds. The van der Waals surface area contributed by atoms with Crippen molar-refractivity contribution in [3.8, 4) is 10.6 Å². The summed E-state index contributed by atoms with van der Waals surface area (Å²) in [5.41, 5.74) is 0.1000. The summed E-state index contributed by atoms with van der Waals surface area (Å²) in [5.74, 6) is -0.876. The van der Waals surface area contributed by atoms with E-state index in [4.69, 9.17) is 0 Å². The predicted molar refractivity (Wildman–Crippen MR) is 84.2 cm³/mol. The second-order valence-electron chi connectivity index (χ2n) is 5.39. The fourth-order valence-corrected chi connectivity index (χ4v) is 3.70. The van der Waals surface area contributed by atoms with Gasteiger partial charge in [0.15, 0.2) is 0 Å². The molecule has 1 aliphatic heterocycles. The molecule has 3 heterocycles. The maximum Gasteiger partial charge on any atom is 0.323 e. The van der Waals surface area contributed by atoms with E-state index in [0.717, 1.165) is 10.6 Å². The molecule has 0 saturated carbocycles. The van der Waals surface area contributed by atoms with Crippen molar-refractivity contribution in [2.24, 2.45) is 5.41 Å². The van der Waals surface area contributed by atoms with Crippen LogP contribution in [-0.2, 0) is 4.79 Å². The van der Waals surface area contributed by atoms with E-state index >= 15 is 0 Å². The number of carboxylic acid groups (broad SMARTS) is 1. The first kappa shape index (κ1) is 14.9. The second-order valence-corrected chi connectivity index (χ2v) is 7.15. The Balaban J connectivity index is 1.65. The van der Waals surface area contributed by atoms with Crippen molar-refractivity contribution in [1.82, 2.24) is 15.1 Å². The molecule has 7 nitrogen and oxygen atoms in total. The van der Waals surface area contributed by atoms with Gasteiger partial charge in [-0.2, -0.15) is 11.3 Å². The van der Waals surface area contributed by atoms with Crippen LogP contribution in [0.5, 0.6) is 0 Å². The van der Waals surface area contributed by atoms with E-state index in [1.54, 1.807) is 18.3 Å². The zero-order valence-electron chi connectivity index (χ0n) is 11.8. The molecule has 3 rings (SSSR count). The highest BCUT2D eigenvalue weighted by atomic mass is 32.1. The fraction of sp³-hybridized carbons (Fsp3) is 0.385. The van der Waals surface area contributed by atoms with Gasteiger partial charge in [0, 0.05) is 24.0 Å². The number of rotatable bonds is 3. The molecule has 0 spiro atoms. The van der Waals surface area contributed by atoms with Crippen LogP contribution in [0.3, 0.4) is 0 Å². The van der Waals surface area contributed by atoms with E-state index in [2.05, 4.69) is 15.5 Å². The van der Waals surface area contributed by atoms with Gasteiger partial charge in [-0.25, -0.2) is 4.79 Å². The summed E-state index contributed by atoms with van der Waals surface area (Å²) in [7, 11) is 0. The molecule has 1 atom stereocenters. The number of nitrogens with zero attached hydrogens (tertiary/aromatic N) is 3. The number of urea groups is 1. The number of carboxylic acids is 1. The minimum Gasteiger partial charge on any atom is -0.481 e. The van der Waals surface area contributed by atoms with Crippen LogP contribution in [0.2, 0.25) is 0 Å². The molecule has 22 heavy (non-hydrogen) atoms. The number of carbonyl (C=O) groups excluding carboxylic acids is 1. The molecule has 0 aromatic carbocycles. The Hall–Kier alpha value is -2.00. The van der Waals surface area contributed by atoms with Gasteiger partial charge in [0.1, 0.15) is 5.01 Å².